The van der Waals surface area contributed by atoms with Gasteiger partial charge in [0.15, 0.2) is 0 Å². The smallest absolute Gasteiger partial charge is 0.220 e. The lowest BCUT2D eigenvalue weighted by atomic mass is 10.1. The van der Waals surface area contributed by atoms with E-state index in [0.717, 1.165) is 34.1 Å². The number of pyridine rings is 1. The maximum Gasteiger partial charge on any atom is 0.220 e. The third-order valence-corrected chi connectivity index (χ3v) is 4.94. The van der Waals surface area contributed by atoms with Crippen molar-refractivity contribution in [2.24, 2.45) is 0 Å². The third-order valence-electron chi connectivity index (χ3n) is 4.94. The Morgan fingerprint density at radius 2 is 2.00 bits per heavy atom. The molecular weight excluding hydrogens is 366 g/mol. The van der Waals surface area contributed by atoms with E-state index in [0.29, 0.717) is 23.9 Å². The Kier molecular flexibility index (Phi) is 5.02. The number of aromatic nitrogens is 6. The molecule has 4 N–H and O–H groups in total. The molecule has 0 aliphatic heterocycles. The molecule has 4 rings (SSSR count). The molecular formula is C21H25N7O. The van der Waals surface area contributed by atoms with Gasteiger partial charge in [0.1, 0.15) is 5.65 Å². The van der Waals surface area contributed by atoms with Crippen LogP contribution in [0.1, 0.15) is 51.5 Å². The van der Waals surface area contributed by atoms with E-state index in [-0.39, 0.29) is 5.95 Å². The van der Waals surface area contributed by atoms with Crippen LogP contribution in [0.4, 0.5) is 5.95 Å². The number of nitrogens with two attached hydrogens (primary N) is 1. The second-order valence-corrected chi connectivity index (χ2v) is 7.47. The van der Waals surface area contributed by atoms with Crippen LogP contribution >= 0.6 is 0 Å². The molecule has 1 atom stereocenters. The van der Waals surface area contributed by atoms with Crippen molar-refractivity contribution in [1.82, 2.24) is 29.7 Å². The van der Waals surface area contributed by atoms with Crippen LogP contribution in [-0.4, -0.2) is 34.8 Å². The number of aliphatic hydroxyl groups excluding tert-OH is 1. The molecule has 4 aromatic heterocycles. The van der Waals surface area contributed by atoms with Crippen LogP contribution in [-0.2, 0) is 0 Å². The summed E-state index contributed by atoms with van der Waals surface area (Å²) in [5.41, 5.74) is 10.7. The molecule has 0 aliphatic rings. The number of aromatic amines is 1. The molecule has 8 heteroatoms. The summed E-state index contributed by atoms with van der Waals surface area (Å²) in [6.07, 6.45) is 8.36. The maximum absolute atomic E-state index is 10.3. The highest BCUT2D eigenvalue weighted by molar-refractivity contribution is 5.95. The molecule has 4 aromatic rings. The van der Waals surface area contributed by atoms with E-state index in [4.69, 9.17) is 5.73 Å². The number of hydrogen-bond donors (Lipinski definition) is 3. The van der Waals surface area contributed by atoms with E-state index >= 15 is 0 Å². The average molecular weight is 391 g/mol. The van der Waals surface area contributed by atoms with Gasteiger partial charge in [0.05, 0.1) is 23.7 Å². The molecule has 0 spiro atoms. The van der Waals surface area contributed by atoms with Gasteiger partial charge in [-0.1, -0.05) is 13.3 Å². The first kappa shape index (κ1) is 19.1. The zero-order valence-corrected chi connectivity index (χ0v) is 16.8. The van der Waals surface area contributed by atoms with E-state index in [2.05, 4.69) is 44.9 Å². The van der Waals surface area contributed by atoms with Crippen molar-refractivity contribution in [3.8, 4) is 22.4 Å². The van der Waals surface area contributed by atoms with Crippen LogP contribution in [0.3, 0.4) is 0 Å². The molecule has 150 valence electrons. The van der Waals surface area contributed by atoms with Gasteiger partial charge in [0.25, 0.3) is 0 Å². The van der Waals surface area contributed by atoms with Crippen LogP contribution in [0.25, 0.3) is 33.4 Å². The summed E-state index contributed by atoms with van der Waals surface area (Å²) < 4.78 is 1.92. The van der Waals surface area contributed by atoms with Gasteiger partial charge >= 0.3 is 0 Å². The molecule has 0 saturated heterocycles. The second kappa shape index (κ2) is 7.63. The van der Waals surface area contributed by atoms with Crippen molar-refractivity contribution in [2.45, 2.75) is 45.8 Å². The lowest BCUT2D eigenvalue weighted by Crippen LogP contribution is -2.05. The fourth-order valence-electron chi connectivity index (χ4n) is 3.36. The Hall–Kier alpha value is -3.26. The van der Waals surface area contributed by atoms with Gasteiger partial charge in [0, 0.05) is 46.7 Å². The number of fused-ring (bicyclic) bond motifs is 1. The molecule has 0 amide bonds. The number of hydrogen-bond acceptors (Lipinski definition) is 6. The number of anilines is 1. The summed E-state index contributed by atoms with van der Waals surface area (Å²) in [6, 6.07) is 4.15. The maximum atomic E-state index is 10.3. The van der Waals surface area contributed by atoms with E-state index in [1.807, 2.05) is 36.4 Å². The normalized spacial score (nSPS) is 12.7. The quantitative estimate of drug-likeness (QED) is 0.459. The minimum Gasteiger partial charge on any atom is -0.387 e. The van der Waals surface area contributed by atoms with E-state index in [9.17, 15) is 5.11 Å². The summed E-state index contributed by atoms with van der Waals surface area (Å²) in [7, 11) is 0. The summed E-state index contributed by atoms with van der Waals surface area (Å²) in [5.74, 6) is 0.143. The second-order valence-electron chi connectivity index (χ2n) is 7.47. The number of aliphatic hydroxyl groups is 1. The molecule has 0 fully saturated rings. The van der Waals surface area contributed by atoms with Crippen molar-refractivity contribution < 1.29 is 5.11 Å². The van der Waals surface area contributed by atoms with Gasteiger partial charge in [-0.3, -0.25) is 4.68 Å². The number of rotatable bonds is 6. The highest BCUT2D eigenvalue weighted by Crippen LogP contribution is 2.31. The van der Waals surface area contributed by atoms with Crippen molar-refractivity contribution >= 4 is 17.0 Å². The predicted octanol–water partition coefficient (Wildman–Crippen LogP) is 3.88. The van der Waals surface area contributed by atoms with E-state index in [1.165, 1.54) is 0 Å². The van der Waals surface area contributed by atoms with Crippen molar-refractivity contribution in [2.75, 3.05) is 5.73 Å². The summed E-state index contributed by atoms with van der Waals surface area (Å²) in [5, 5.41) is 15.7. The highest BCUT2D eigenvalue weighted by atomic mass is 16.3. The number of nitrogen functional groups attached to an aromatic ring is 1. The van der Waals surface area contributed by atoms with Crippen molar-refractivity contribution in [3.05, 3.63) is 42.6 Å². The Morgan fingerprint density at radius 1 is 1.17 bits per heavy atom. The molecule has 0 saturated carbocycles. The zero-order chi connectivity index (χ0) is 20.5. The zero-order valence-electron chi connectivity index (χ0n) is 16.8. The Balaban J connectivity index is 1.78. The Labute approximate surface area is 168 Å². The number of nitrogens with zero attached hydrogens (tertiary/aromatic N) is 5. The van der Waals surface area contributed by atoms with Crippen LogP contribution in [0.15, 0.2) is 36.9 Å². The van der Waals surface area contributed by atoms with E-state index in [1.54, 1.807) is 6.07 Å². The lowest BCUT2D eigenvalue weighted by Gasteiger charge is -2.10. The topological polar surface area (TPSA) is 119 Å². The van der Waals surface area contributed by atoms with Gasteiger partial charge in [0.2, 0.25) is 5.95 Å². The molecule has 1 unspecified atom stereocenters. The predicted molar refractivity (Wildman–Crippen MR) is 113 cm³/mol. The first-order valence-electron chi connectivity index (χ1n) is 9.80. The molecule has 8 nitrogen and oxygen atoms in total. The van der Waals surface area contributed by atoms with Gasteiger partial charge in [-0.2, -0.15) is 5.10 Å². The lowest BCUT2D eigenvalue weighted by molar-refractivity contribution is 0.162. The minimum atomic E-state index is -0.662. The summed E-state index contributed by atoms with van der Waals surface area (Å²) in [6.45, 7) is 6.20. The molecule has 0 bridgehead atoms. The van der Waals surface area contributed by atoms with Gasteiger partial charge in [-0.05, 0) is 32.4 Å². The van der Waals surface area contributed by atoms with Crippen LogP contribution < -0.4 is 5.73 Å². The Bertz CT molecular complexity index is 1150. The SMILES string of the molecule is CCCC(O)c1cc(-c2c[nH]c3ncc(-c4cnn(C(C)C)c4)cc23)nc(N)n1. The molecule has 0 aromatic carbocycles. The summed E-state index contributed by atoms with van der Waals surface area (Å²) in [4.78, 5) is 16.3. The third kappa shape index (κ3) is 3.71. The Morgan fingerprint density at radius 3 is 2.72 bits per heavy atom. The van der Waals surface area contributed by atoms with Crippen LogP contribution in [0, 0.1) is 0 Å². The standard InChI is InChI=1S/C21H25N7O/c1-4-5-19(29)18-7-17(26-21(22)27-18)16-10-24-20-15(16)6-13(8-23-20)14-9-25-28(11-14)12(2)3/h6-12,19,29H,4-5H2,1-3H3,(H,23,24)(H2,22,26,27). The first-order valence-corrected chi connectivity index (χ1v) is 9.80. The fraction of sp³-hybridized carbons (Fsp3) is 0.333. The van der Waals surface area contributed by atoms with Crippen LogP contribution in [0.2, 0.25) is 0 Å². The molecule has 29 heavy (non-hydrogen) atoms. The fourth-order valence-corrected chi connectivity index (χ4v) is 3.36. The van der Waals surface area contributed by atoms with E-state index < -0.39 is 6.10 Å². The number of H-pyrrole nitrogens is 1. The average Bonchev–Trinajstić information content (AvgIpc) is 3.34. The first-order chi connectivity index (χ1) is 14.0. The minimum absolute atomic E-state index is 0.143. The van der Waals surface area contributed by atoms with Crippen molar-refractivity contribution in [3.63, 3.8) is 0 Å². The largest absolute Gasteiger partial charge is 0.387 e. The number of nitrogens with one attached hydrogen (secondary N) is 1. The molecule has 0 aliphatic carbocycles. The van der Waals surface area contributed by atoms with Crippen molar-refractivity contribution in [1.29, 1.82) is 0 Å². The van der Waals surface area contributed by atoms with Gasteiger partial charge in [-0.15, -0.1) is 0 Å². The van der Waals surface area contributed by atoms with Gasteiger partial charge in [-0.25, -0.2) is 15.0 Å². The molecule has 4 heterocycles. The van der Waals surface area contributed by atoms with Gasteiger partial charge < -0.3 is 15.8 Å². The molecule has 0 radical (unpaired) electrons. The van der Waals surface area contributed by atoms with Crippen LogP contribution in [0.5, 0.6) is 0 Å². The highest BCUT2D eigenvalue weighted by Gasteiger charge is 2.16. The summed E-state index contributed by atoms with van der Waals surface area (Å²) >= 11 is 0. The monoisotopic (exact) mass is 391 g/mol.